The van der Waals surface area contributed by atoms with E-state index in [2.05, 4.69) is 10.2 Å². The van der Waals surface area contributed by atoms with Gasteiger partial charge in [-0.2, -0.15) is 0 Å². The van der Waals surface area contributed by atoms with E-state index in [0.29, 0.717) is 5.01 Å². The van der Waals surface area contributed by atoms with Gasteiger partial charge in [0.2, 0.25) is 0 Å². The fourth-order valence-electron chi connectivity index (χ4n) is 0.534. The van der Waals surface area contributed by atoms with E-state index < -0.39 is 4.92 Å². The molecule has 0 atom stereocenters. The van der Waals surface area contributed by atoms with Gasteiger partial charge in [0.1, 0.15) is 0 Å². The normalized spacial score (nSPS) is 10.5. The van der Waals surface area contributed by atoms with E-state index in [1.54, 1.807) is 0 Å². The molecule has 0 saturated carbocycles. The van der Waals surface area contributed by atoms with Gasteiger partial charge in [0.15, 0.2) is 5.01 Å². The zero-order chi connectivity index (χ0) is 8.43. The van der Waals surface area contributed by atoms with Crippen LogP contribution in [0, 0.1) is 10.1 Å². The lowest BCUT2D eigenvalue weighted by Gasteiger charge is -1.90. The molecule has 11 heavy (non-hydrogen) atoms. The topological polar surface area (TPSA) is 68.9 Å². The van der Waals surface area contributed by atoms with Crippen LogP contribution in [0.25, 0.3) is 0 Å². The van der Waals surface area contributed by atoms with Crippen LogP contribution < -0.4 is 0 Å². The number of nitro groups is 1. The first-order valence-corrected chi connectivity index (χ1v) is 3.90. The van der Waals surface area contributed by atoms with Gasteiger partial charge in [0.25, 0.3) is 0 Å². The van der Waals surface area contributed by atoms with Gasteiger partial charge in [0.05, 0.1) is 5.10 Å². The van der Waals surface area contributed by atoms with E-state index in [4.69, 9.17) is 0 Å². The van der Waals surface area contributed by atoms with E-state index in [-0.39, 0.29) is 11.0 Å². The molecule has 0 aliphatic heterocycles. The first-order chi connectivity index (χ1) is 5.11. The highest BCUT2D eigenvalue weighted by Gasteiger charge is 2.16. The van der Waals surface area contributed by atoms with Crippen molar-refractivity contribution in [1.29, 1.82) is 0 Å². The third kappa shape index (κ3) is 1.70. The third-order valence-corrected chi connectivity index (χ3v) is 2.26. The lowest BCUT2D eigenvalue weighted by atomic mass is 10.2. The van der Waals surface area contributed by atoms with Crippen molar-refractivity contribution >= 4 is 16.5 Å². The summed E-state index contributed by atoms with van der Waals surface area (Å²) in [5, 5.41) is 17.8. The largest absolute Gasteiger partial charge is 0.450 e. The Hall–Kier alpha value is -1.04. The van der Waals surface area contributed by atoms with Gasteiger partial charge in [-0.15, -0.1) is 0 Å². The Balaban J connectivity index is 2.90. The summed E-state index contributed by atoms with van der Waals surface area (Å²) in [5.41, 5.74) is 0. The van der Waals surface area contributed by atoms with E-state index in [1.807, 2.05) is 13.8 Å². The Bertz CT molecular complexity index is 270. The van der Waals surface area contributed by atoms with Gasteiger partial charge in [-0.25, -0.2) is 0 Å². The van der Waals surface area contributed by atoms with Gasteiger partial charge in [0, 0.05) is 5.92 Å². The predicted molar refractivity (Wildman–Crippen MR) is 40.7 cm³/mol. The molecule has 0 aliphatic carbocycles. The van der Waals surface area contributed by atoms with Crippen molar-refractivity contribution < 1.29 is 4.92 Å². The minimum absolute atomic E-state index is 0.131. The molecular formula is C5H7N3O2S. The summed E-state index contributed by atoms with van der Waals surface area (Å²) in [6.45, 7) is 3.84. The molecule has 0 aromatic carbocycles. The maximum absolute atomic E-state index is 10.2. The first-order valence-electron chi connectivity index (χ1n) is 3.09. The third-order valence-electron chi connectivity index (χ3n) is 1.08. The minimum Gasteiger partial charge on any atom is -0.357 e. The smallest absolute Gasteiger partial charge is 0.357 e. The van der Waals surface area contributed by atoms with Gasteiger partial charge >= 0.3 is 5.13 Å². The molecule has 5 nitrogen and oxygen atoms in total. The predicted octanol–water partition coefficient (Wildman–Crippen LogP) is 1.57. The molecule has 0 spiro atoms. The minimum atomic E-state index is -0.524. The number of rotatable bonds is 2. The van der Waals surface area contributed by atoms with Gasteiger partial charge in [-0.3, -0.25) is 0 Å². The molecule has 1 aromatic rings. The first kappa shape index (κ1) is 8.06. The molecule has 1 heterocycles. The molecule has 1 rings (SSSR count). The highest BCUT2D eigenvalue weighted by atomic mass is 32.1. The Morgan fingerprint density at radius 2 is 2.18 bits per heavy atom. The van der Waals surface area contributed by atoms with Crippen molar-refractivity contribution in [1.82, 2.24) is 10.2 Å². The van der Waals surface area contributed by atoms with Crippen molar-refractivity contribution in [3.63, 3.8) is 0 Å². The van der Waals surface area contributed by atoms with Gasteiger partial charge in [-0.1, -0.05) is 13.8 Å². The van der Waals surface area contributed by atoms with E-state index in [0.717, 1.165) is 11.3 Å². The number of hydrogen-bond donors (Lipinski definition) is 0. The maximum atomic E-state index is 10.2. The quantitative estimate of drug-likeness (QED) is 0.502. The van der Waals surface area contributed by atoms with Crippen LogP contribution in [-0.4, -0.2) is 15.1 Å². The molecule has 0 N–H and O–H groups in total. The highest BCUT2D eigenvalue weighted by molar-refractivity contribution is 7.14. The summed E-state index contributed by atoms with van der Waals surface area (Å²) in [4.78, 5) is 9.63. The Morgan fingerprint density at radius 1 is 1.55 bits per heavy atom. The zero-order valence-corrected chi connectivity index (χ0v) is 6.96. The second kappa shape index (κ2) is 2.91. The maximum Gasteiger partial charge on any atom is 0.450 e. The van der Waals surface area contributed by atoms with Crippen LogP contribution in [0.4, 0.5) is 5.13 Å². The van der Waals surface area contributed by atoms with Gasteiger partial charge < -0.3 is 10.1 Å². The molecule has 1 aromatic heterocycles. The molecule has 0 amide bonds. The fourth-order valence-corrected chi connectivity index (χ4v) is 1.19. The van der Waals surface area contributed by atoms with E-state index in [1.165, 1.54) is 0 Å². The summed E-state index contributed by atoms with van der Waals surface area (Å²) < 4.78 is 0. The summed E-state index contributed by atoms with van der Waals surface area (Å²) >= 11 is 1.03. The number of nitrogens with zero attached hydrogens (tertiary/aromatic N) is 3. The van der Waals surface area contributed by atoms with Crippen molar-refractivity contribution in [2.24, 2.45) is 0 Å². The molecule has 0 bridgehead atoms. The van der Waals surface area contributed by atoms with Crippen LogP contribution in [0.1, 0.15) is 24.8 Å². The Morgan fingerprint density at radius 3 is 2.45 bits per heavy atom. The van der Waals surface area contributed by atoms with Crippen molar-refractivity contribution in [3.8, 4) is 0 Å². The molecule has 0 radical (unpaired) electrons. The summed E-state index contributed by atoms with van der Waals surface area (Å²) in [7, 11) is 0. The second-order valence-electron chi connectivity index (χ2n) is 2.33. The SMILES string of the molecule is CC(C)c1nnc([N+](=O)[O-])s1. The Kier molecular flexibility index (Phi) is 2.13. The molecule has 0 unspecified atom stereocenters. The van der Waals surface area contributed by atoms with Crippen molar-refractivity contribution in [2.75, 3.05) is 0 Å². The average molecular weight is 173 g/mol. The highest BCUT2D eigenvalue weighted by Crippen LogP contribution is 2.23. The van der Waals surface area contributed by atoms with E-state index >= 15 is 0 Å². The molecule has 6 heteroatoms. The van der Waals surface area contributed by atoms with Crippen molar-refractivity contribution in [2.45, 2.75) is 19.8 Å². The number of hydrogen-bond acceptors (Lipinski definition) is 5. The van der Waals surface area contributed by atoms with E-state index in [9.17, 15) is 10.1 Å². The van der Waals surface area contributed by atoms with Crippen LogP contribution in [0.5, 0.6) is 0 Å². The summed E-state index contributed by atoms with van der Waals surface area (Å²) in [5.74, 6) is 0.209. The molecule has 60 valence electrons. The van der Waals surface area contributed by atoms with Crippen LogP contribution in [0.3, 0.4) is 0 Å². The molecule has 0 saturated heterocycles. The standard InChI is InChI=1S/C5H7N3O2S/c1-3(2)4-6-7-5(11-4)8(9)10/h3H,1-2H3. The van der Waals surface area contributed by atoms with Crippen molar-refractivity contribution in [3.05, 3.63) is 15.1 Å². The second-order valence-corrected chi connectivity index (χ2v) is 3.32. The van der Waals surface area contributed by atoms with Crippen LogP contribution >= 0.6 is 11.3 Å². The molecule has 0 aliphatic rings. The number of aromatic nitrogens is 2. The van der Waals surface area contributed by atoms with Crippen LogP contribution in [0.15, 0.2) is 0 Å². The Labute approximate surface area is 67.2 Å². The monoisotopic (exact) mass is 173 g/mol. The van der Waals surface area contributed by atoms with Crippen LogP contribution in [0.2, 0.25) is 0 Å². The molecular weight excluding hydrogens is 166 g/mol. The lowest BCUT2D eigenvalue weighted by Crippen LogP contribution is -1.85. The summed E-state index contributed by atoms with van der Waals surface area (Å²) in [6.07, 6.45) is 0. The fraction of sp³-hybridized carbons (Fsp3) is 0.600. The average Bonchev–Trinajstić information content (AvgIpc) is 2.33. The molecule has 0 fully saturated rings. The van der Waals surface area contributed by atoms with Crippen LogP contribution in [-0.2, 0) is 0 Å². The van der Waals surface area contributed by atoms with Gasteiger partial charge in [-0.05, 0) is 21.4 Å². The summed E-state index contributed by atoms with van der Waals surface area (Å²) in [6, 6.07) is 0. The zero-order valence-electron chi connectivity index (χ0n) is 6.14. The lowest BCUT2D eigenvalue weighted by molar-refractivity contribution is -0.385.